The molecule has 0 spiro atoms. The lowest BCUT2D eigenvalue weighted by Crippen LogP contribution is -2.54. The first-order chi connectivity index (χ1) is 10.4. The van der Waals surface area contributed by atoms with Crippen molar-refractivity contribution >= 4 is 5.91 Å². The number of carbonyl (C=O) groups excluding carboxylic acids is 1. The SMILES string of the molecule is COc1ccc(OC)c(CC(=O)N2CCC(N)C(C)(C)C2)c1. The number of rotatable bonds is 4. The average Bonchev–Trinajstić information content (AvgIpc) is 2.49. The Morgan fingerprint density at radius 2 is 2.09 bits per heavy atom. The van der Waals surface area contributed by atoms with Crippen LogP contribution in [0, 0.1) is 5.41 Å². The number of piperidine rings is 1. The molecule has 0 aliphatic carbocycles. The van der Waals surface area contributed by atoms with Crippen molar-refractivity contribution in [3.63, 3.8) is 0 Å². The minimum Gasteiger partial charge on any atom is -0.497 e. The van der Waals surface area contributed by atoms with Crippen LogP contribution in [0.5, 0.6) is 11.5 Å². The van der Waals surface area contributed by atoms with Crippen LogP contribution in [-0.2, 0) is 11.2 Å². The third-order valence-electron chi connectivity index (χ3n) is 4.49. The predicted octanol–water partition coefficient (Wildman–Crippen LogP) is 1.83. The van der Waals surface area contributed by atoms with Crippen LogP contribution in [0.15, 0.2) is 18.2 Å². The third kappa shape index (κ3) is 3.53. The highest BCUT2D eigenvalue weighted by Gasteiger charge is 2.35. The van der Waals surface area contributed by atoms with Crippen molar-refractivity contribution in [2.75, 3.05) is 27.3 Å². The molecule has 0 bridgehead atoms. The molecule has 0 aromatic heterocycles. The molecule has 2 N–H and O–H groups in total. The minimum absolute atomic E-state index is 0.0492. The van der Waals surface area contributed by atoms with Gasteiger partial charge in [-0.05, 0) is 30.0 Å². The summed E-state index contributed by atoms with van der Waals surface area (Å²) >= 11 is 0. The van der Waals surface area contributed by atoms with Gasteiger partial charge in [0.2, 0.25) is 5.91 Å². The van der Waals surface area contributed by atoms with E-state index in [-0.39, 0.29) is 17.4 Å². The van der Waals surface area contributed by atoms with Gasteiger partial charge < -0.3 is 20.1 Å². The molecule has 1 aromatic carbocycles. The third-order valence-corrected chi connectivity index (χ3v) is 4.49. The standard InChI is InChI=1S/C17H26N2O3/c1-17(2)11-19(8-7-15(17)18)16(20)10-12-9-13(21-3)5-6-14(12)22-4/h5-6,9,15H,7-8,10-11,18H2,1-4H3. The number of ether oxygens (including phenoxy) is 2. The molecular formula is C17H26N2O3. The second-order valence-corrected chi connectivity index (χ2v) is 6.55. The summed E-state index contributed by atoms with van der Waals surface area (Å²) in [7, 11) is 3.22. The largest absolute Gasteiger partial charge is 0.497 e. The van der Waals surface area contributed by atoms with Crippen LogP contribution in [0.25, 0.3) is 0 Å². The Labute approximate surface area is 132 Å². The first-order valence-electron chi connectivity index (χ1n) is 7.61. The summed E-state index contributed by atoms with van der Waals surface area (Å²) < 4.78 is 10.6. The summed E-state index contributed by atoms with van der Waals surface area (Å²) in [5, 5.41) is 0. The van der Waals surface area contributed by atoms with Crippen LogP contribution >= 0.6 is 0 Å². The molecule has 0 saturated carbocycles. The fraction of sp³-hybridized carbons (Fsp3) is 0.588. The highest BCUT2D eigenvalue weighted by Crippen LogP contribution is 2.29. The number of amides is 1. The van der Waals surface area contributed by atoms with E-state index in [1.807, 2.05) is 23.1 Å². The molecule has 22 heavy (non-hydrogen) atoms. The summed E-state index contributed by atoms with van der Waals surface area (Å²) in [5.41, 5.74) is 6.93. The smallest absolute Gasteiger partial charge is 0.227 e. The van der Waals surface area contributed by atoms with Crippen molar-refractivity contribution in [2.24, 2.45) is 11.1 Å². The second kappa shape index (κ2) is 6.57. The monoisotopic (exact) mass is 306 g/mol. The quantitative estimate of drug-likeness (QED) is 0.922. The number of methoxy groups -OCH3 is 2. The first kappa shape index (κ1) is 16.6. The van der Waals surface area contributed by atoms with Crippen LogP contribution < -0.4 is 15.2 Å². The predicted molar refractivity (Wildman–Crippen MR) is 86.2 cm³/mol. The Hall–Kier alpha value is -1.75. The van der Waals surface area contributed by atoms with Crippen LogP contribution in [-0.4, -0.2) is 44.2 Å². The van der Waals surface area contributed by atoms with Gasteiger partial charge in [0.1, 0.15) is 11.5 Å². The van der Waals surface area contributed by atoms with Gasteiger partial charge >= 0.3 is 0 Å². The molecule has 5 nitrogen and oxygen atoms in total. The van der Waals surface area contributed by atoms with Gasteiger partial charge in [0.25, 0.3) is 0 Å². The zero-order valence-electron chi connectivity index (χ0n) is 13.9. The van der Waals surface area contributed by atoms with Gasteiger partial charge in [-0.25, -0.2) is 0 Å². The fourth-order valence-corrected chi connectivity index (χ4v) is 2.88. The van der Waals surface area contributed by atoms with Crippen molar-refractivity contribution in [1.29, 1.82) is 0 Å². The maximum absolute atomic E-state index is 12.6. The van der Waals surface area contributed by atoms with E-state index >= 15 is 0 Å². The maximum Gasteiger partial charge on any atom is 0.227 e. The van der Waals surface area contributed by atoms with E-state index < -0.39 is 0 Å². The van der Waals surface area contributed by atoms with Gasteiger partial charge in [0.05, 0.1) is 20.6 Å². The average molecular weight is 306 g/mol. The summed E-state index contributed by atoms with van der Waals surface area (Å²) in [6.45, 7) is 5.64. The van der Waals surface area contributed by atoms with Crippen molar-refractivity contribution in [2.45, 2.75) is 32.7 Å². The molecule has 1 unspecified atom stereocenters. The second-order valence-electron chi connectivity index (χ2n) is 6.55. The fourth-order valence-electron chi connectivity index (χ4n) is 2.88. The van der Waals surface area contributed by atoms with Crippen molar-refractivity contribution < 1.29 is 14.3 Å². The number of carbonyl (C=O) groups is 1. The van der Waals surface area contributed by atoms with Crippen molar-refractivity contribution in [3.8, 4) is 11.5 Å². The normalized spacial score (nSPS) is 20.6. The summed E-state index contributed by atoms with van der Waals surface area (Å²) in [5.74, 6) is 1.54. The molecule has 122 valence electrons. The number of hydrogen-bond acceptors (Lipinski definition) is 4. The lowest BCUT2D eigenvalue weighted by atomic mass is 9.79. The molecule has 1 amide bonds. The van der Waals surface area contributed by atoms with Gasteiger partial charge in [0, 0.05) is 24.7 Å². The molecular weight excluding hydrogens is 280 g/mol. The summed E-state index contributed by atoms with van der Waals surface area (Å²) in [6.07, 6.45) is 1.15. The van der Waals surface area contributed by atoms with Crippen LogP contribution in [0.2, 0.25) is 0 Å². The van der Waals surface area contributed by atoms with E-state index in [0.29, 0.717) is 18.7 Å². The van der Waals surface area contributed by atoms with Gasteiger partial charge in [-0.2, -0.15) is 0 Å². The van der Waals surface area contributed by atoms with Crippen molar-refractivity contribution in [3.05, 3.63) is 23.8 Å². The Balaban J connectivity index is 2.12. The van der Waals surface area contributed by atoms with E-state index in [1.54, 1.807) is 14.2 Å². The Morgan fingerprint density at radius 3 is 2.68 bits per heavy atom. The van der Waals surface area contributed by atoms with E-state index in [2.05, 4.69) is 13.8 Å². The van der Waals surface area contributed by atoms with Gasteiger partial charge in [-0.3, -0.25) is 4.79 Å². The Bertz CT molecular complexity index is 543. The van der Waals surface area contributed by atoms with E-state index in [1.165, 1.54) is 0 Å². The lowest BCUT2D eigenvalue weighted by molar-refractivity contribution is -0.133. The number of likely N-dealkylation sites (tertiary alicyclic amines) is 1. The van der Waals surface area contributed by atoms with Crippen molar-refractivity contribution in [1.82, 2.24) is 4.90 Å². The molecule has 1 aromatic rings. The highest BCUT2D eigenvalue weighted by atomic mass is 16.5. The number of nitrogens with two attached hydrogens (primary N) is 1. The molecule has 5 heteroatoms. The van der Waals surface area contributed by atoms with E-state index in [9.17, 15) is 4.79 Å². The topological polar surface area (TPSA) is 64.8 Å². The van der Waals surface area contributed by atoms with Crippen LogP contribution in [0.1, 0.15) is 25.8 Å². The number of hydrogen-bond donors (Lipinski definition) is 1. The highest BCUT2D eigenvalue weighted by molar-refractivity contribution is 5.80. The van der Waals surface area contributed by atoms with Gasteiger partial charge in [0.15, 0.2) is 0 Å². The minimum atomic E-state index is -0.0492. The molecule has 1 heterocycles. The van der Waals surface area contributed by atoms with Gasteiger partial charge in [-0.15, -0.1) is 0 Å². The molecule has 1 atom stereocenters. The van der Waals surface area contributed by atoms with Gasteiger partial charge in [-0.1, -0.05) is 13.8 Å². The molecule has 1 fully saturated rings. The summed E-state index contributed by atoms with van der Waals surface area (Å²) in [6, 6.07) is 5.66. The van der Waals surface area contributed by atoms with Crippen LogP contribution in [0.3, 0.4) is 0 Å². The zero-order chi connectivity index (χ0) is 16.3. The lowest BCUT2D eigenvalue weighted by Gasteiger charge is -2.42. The molecule has 1 aliphatic rings. The molecule has 1 aliphatic heterocycles. The first-order valence-corrected chi connectivity index (χ1v) is 7.61. The van der Waals surface area contributed by atoms with E-state index in [4.69, 9.17) is 15.2 Å². The van der Waals surface area contributed by atoms with Crippen LogP contribution in [0.4, 0.5) is 0 Å². The molecule has 1 saturated heterocycles. The Morgan fingerprint density at radius 1 is 1.36 bits per heavy atom. The summed E-state index contributed by atoms with van der Waals surface area (Å²) in [4.78, 5) is 14.5. The molecule has 2 rings (SSSR count). The Kier molecular flexibility index (Phi) is 4.96. The van der Waals surface area contributed by atoms with E-state index in [0.717, 1.165) is 24.3 Å². The zero-order valence-corrected chi connectivity index (χ0v) is 13.9. The number of benzene rings is 1. The number of nitrogens with zero attached hydrogens (tertiary/aromatic N) is 1. The maximum atomic E-state index is 12.6. The molecule has 0 radical (unpaired) electrons.